The maximum absolute atomic E-state index is 12.6. The quantitative estimate of drug-likeness (QED) is 0.800. The van der Waals surface area contributed by atoms with Crippen molar-refractivity contribution in [2.24, 2.45) is 5.92 Å². The summed E-state index contributed by atoms with van der Waals surface area (Å²) in [6, 6.07) is 3.83. The first-order chi connectivity index (χ1) is 11.5. The molecule has 1 saturated heterocycles. The van der Waals surface area contributed by atoms with Crippen molar-refractivity contribution in [3.63, 3.8) is 0 Å². The summed E-state index contributed by atoms with van der Waals surface area (Å²) in [5, 5.41) is 22.1. The van der Waals surface area contributed by atoms with E-state index in [-0.39, 0.29) is 23.1 Å². The number of likely N-dealkylation sites (tertiary alicyclic amines) is 1. The SMILES string of the molecule is O=C1CC[C@@]2(O)[C@@H]3N(CC4CC4)C34C[C@@]23c2c4ccc(O)c2O[C@@H]13. The Kier molecular flexibility index (Phi) is 1.72. The van der Waals surface area contributed by atoms with Gasteiger partial charge in [0, 0.05) is 18.5 Å². The summed E-state index contributed by atoms with van der Waals surface area (Å²) >= 11 is 0. The van der Waals surface area contributed by atoms with Gasteiger partial charge in [0.15, 0.2) is 23.4 Å². The first kappa shape index (κ1) is 12.7. The zero-order chi connectivity index (χ0) is 16.1. The normalized spacial score (nSPS) is 51.4. The van der Waals surface area contributed by atoms with E-state index < -0.39 is 17.1 Å². The average Bonchev–Trinajstić information content (AvgIpc) is 3.39. The Morgan fingerprint density at radius 3 is 2.96 bits per heavy atom. The molecule has 6 atom stereocenters. The third-order valence-corrected chi connectivity index (χ3v) is 7.91. The second-order valence-corrected chi connectivity index (χ2v) is 8.80. The van der Waals surface area contributed by atoms with Crippen LogP contribution in [0.25, 0.3) is 0 Å². The van der Waals surface area contributed by atoms with E-state index in [9.17, 15) is 15.0 Å². The van der Waals surface area contributed by atoms with Gasteiger partial charge in [0.2, 0.25) is 0 Å². The van der Waals surface area contributed by atoms with Gasteiger partial charge in [-0.15, -0.1) is 0 Å². The van der Waals surface area contributed by atoms with Crippen LogP contribution in [0.15, 0.2) is 12.1 Å². The van der Waals surface area contributed by atoms with E-state index in [2.05, 4.69) is 4.90 Å². The molecule has 1 aromatic rings. The number of rotatable bonds is 2. The van der Waals surface area contributed by atoms with E-state index in [0.29, 0.717) is 18.6 Å². The number of nitrogens with zero attached hydrogens (tertiary/aromatic N) is 1. The average molecular weight is 325 g/mol. The summed E-state index contributed by atoms with van der Waals surface area (Å²) in [7, 11) is 0. The molecule has 5 heteroatoms. The number of Topliss-reactive ketones (excluding diaryl/α,β-unsaturated/α-hetero) is 1. The number of benzene rings is 1. The molecule has 7 rings (SSSR count). The molecule has 5 nitrogen and oxygen atoms in total. The van der Waals surface area contributed by atoms with Crippen molar-refractivity contribution >= 4 is 5.78 Å². The highest BCUT2D eigenvalue weighted by atomic mass is 16.5. The van der Waals surface area contributed by atoms with Crippen LogP contribution in [0.4, 0.5) is 0 Å². The van der Waals surface area contributed by atoms with Crippen LogP contribution in [0.5, 0.6) is 11.5 Å². The van der Waals surface area contributed by atoms with Crippen LogP contribution in [-0.2, 0) is 15.7 Å². The van der Waals surface area contributed by atoms with E-state index in [0.717, 1.165) is 24.4 Å². The van der Waals surface area contributed by atoms with Gasteiger partial charge in [0.1, 0.15) is 0 Å². The molecule has 4 fully saturated rings. The third kappa shape index (κ3) is 0.962. The van der Waals surface area contributed by atoms with Gasteiger partial charge in [-0.1, -0.05) is 6.07 Å². The predicted octanol–water partition coefficient (Wildman–Crippen LogP) is 1.19. The summed E-state index contributed by atoms with van der Waals surface area (Å²) in [4.78, 5) is 15.1. The molecule has 0 radical (unpaired) electrons. The van der Waals surface area contributed by atoms with Gasteiger partial charge >= 0.3 is 0 Å². The van der Waals surface area contributed by atoms with Gasteiger partial charge in [0.05, 0.1) is 22.6 Å². The van der Waals surface area contributed by atoms with Crippen molar-refractivity contribution < 1.29 is 19.7 Å². The third-order valence-electron chi connectivity index (χ3n) is 7.91. The summed E-state index contributed by atoms with van der Waals surface area (Å²) in [5.74, 6) is 1.40. The molecular formula is C19H19NO4. The minimum atomic E-state index is -0.896. The molecule has 3 saturated carbocycles. The molecule has 4 aliphatic carbocycles. The van der Waals surface area contributed by atoms with E-state index in [1.807, 2.05) is 6.07 Å². The molecule has 2 N–H and O–H groups in total. The lowest BCUT2D eigenvalue weighted by Crippen LogP contribution is -2.64. The molecular weight excluding hydrogens is 306 g/mol. The molecule has 0 amide bonds. The first-order valence-electron chi connectivity index (χ1n) is 9.09. The zero-order valence-electron chi connectivity index (χ0n) is 13.3. The lowest BCUT2D eigenvalue weighted by Gasteiger charge is -2.47. The van der Waals surface area contributed by atoms with Crippen LogP contribution in [-0.4, -0.2) is 45.2 Å². The van der Waals surface area contributed by atoms with Gasteiger partial charge in [-0.2, -0.15) is 0 Å². The smallest absolute Gasteiger partial charge is 0.174 e. The number of fused-ring (bicyclic) bond motifs is 1. The number of phenols is 1. The van der Waals surface area contributed by atoms with Gasteiger partial charge < -0.3 is 14.9 Å². The maximum atomic E-state index is 12.6. The van der Waals surface area contributed by atoms with Crippen LogP contribution in [0.3, 0.4) is 0 Å². The predicted molar refractivity (Wildman–Crippen MR) is 82.9 cm³/mol. The number of hydrogen-bond donors (Lipinski definition) is 2. The highest BCUT2D eigenvalue weighted by Gasteiger charge is 2.91. The number of hydrogen-bond acceptors (Lipinski definition) is 5. The number of carbonyl (C=O) groups excluding carboxylic acids is 1. The Labute approximate surface area is 139 Å². The van der Waals surface area contributed by atoms with Crippen LogP contribution in [0.2, 0.25) is 0 Å². The molecule has 2 unspecified atom stereocenters. The molecule has 2 bridgehead atoms. The fourth-order valence-electron chi connectivity index (χ4n) is 6.92. The van der Waals surface area contributed by atoms with Gasteiger partial charge in [0.25, 0.3) is 0 Å². The largest absolute Gasteiger partial charge is 0.504 e. The number of ether oxygens (including phenoxy) is 1. The lowest BCUT2D eigenvalue weighted by molar-refractivity contribution is -0.148. The number of aromatic hydroxyl groups is 1. The number of carbonyl (C=O) groups is 1. The zero-order valence-corrected chi connectivity index (χ0v) is 13.3. The summed E-state index contributed by atoms with van der Waals surface area (Å²) in [5.41, 5.74) is 0.491. The second kappa shape index (κ2) is 3.25. The van der Waals surface area contributed by atoms with Crippen molar-refractivity contribution in [3.8, 4) is 11.5 Å². The van der Waals surface area contributed by atoms with Crippen molar-refractivity contribution in [2.45, 2.75) is 60.8 Å². The Bertz CT molecular complexity index is 863. The van der Waals surface area contributed by atoms with Gasteiger partial charge in [-0.3, -0.25) is 9.69 Å². The van der Waals surface area contributed by atoms with Crippen LogP contribution in [0.1, 0.15) is 43.2 Å². The fourth-order valence-corrected chi connectivity index (χ4v) is 6.92. The molecule has 2 aliphatic heterocycles. The highest BCUT2D eigenvalue weighted by Crippen LogP contribution is 2.82. The Balaban J connectivity index is 1.53. The lowest BCUT2D eigenvalue weighted by atomic mass is 9.59. The molecule has 24 heavy (non-hydrogen) atoms. The molecule has 6 aliphatic rings. The molecule has 1 aromatic carbocycles. The van der Waals surface area contributed by atoms with E-state index in [4.69, 9.17) is 4.74 Å². The number of piperidine rings is 1. The maximum Gasteiger partial charge on any atom is 0.174 e. The minimum Gasteiger partial charge on any atom is -0.504 e. The van der Waals surface area contributed by atoms with Crippen LogP contribution < -0.4 is 4.74 Å². The van der Waals surface area contributed by atoms with Crippen LogP contribution in [0, 0.1) is 5.92 Å². The van der Waals surface area contributed by atoms with Crippen molar-refractivity contribution in [3.05, 3.63) is 23.3 Å². The van der Waals surface area contributed by atoms with E-state index in [1.54, 1.807) is 6.07 Å². The minimum absolute atomic E-state index is 0.0771. The Morgan fingerprint density at radius 2 is 2.17 bits per heavy atom. The molecule has 0 aromatic heterocycles. The Morgan fingerprint density at radius 1 is 1.33 bits per heavy atom. The number of aliphatic hydroxyl groups is 1. The molecule has 2 spiro atoms. The number of ketones is 1. The van der Waals surface area contributed by atoms with Gasteiger partial charge in [-0.05, 0) is 43.2 Å². The molecule has 2 heterocycles. The van der Waals surface area contributed by atoms with E-state index >= 15 is 0 Å². The van der Waals surface area contributed by atoms with Crippen molar-refractivity contribution in [1.82, 2.24) is 4.90 Å². The summed E-state index contributed by atoms with van der Waals surface area (Å²) < 4.78 is 5.97. The fraction of sp³-hybridized carbons (Fsp3) is 0.632. The van der Waals surface area contributed by atoms with Crippen molar-refractivity contribution in [2.75, 3.05) is 6.54 Å². The monoisotopic (exact) mass is 325 g/mol. The topological polar surface area (TPSA) is 69.8 Å². The number of phenolic OH excluding ortho intramolecular Hbond substituents is 1. The van der Waals surface area contributed by atoms with Crippen LogP contribution >= 0.6 is 0 Å². The van der Waals surface area contributed by atoms with E-state index in [1.165, 1.54) is 18.4 Å². The summed E-state index contributed by atoms with van der Waals surface area (Å²) in [6.45, 7) is 1.05. The van der Waals surface area contributed by atoms with Crippen molar-refractivity contribution in [1.29, 1.82) is 0 Å². The van der Waals surface area contributed by atoms with Gasteiger partial charge in [-0.25, -0.2) is 0 Å². The standard InChI is InChI=1S/C19H19NO4/c21-11-4-3-10-13-14(11)24-15-12(22)5-6-19(23)16-18(10,8-17(13,15)19)20(16)7-9-1-2-9/h3-4,9,15-16,21,23H,1-2,5-8H2/t15-,16+,17-,18?,19+,20?/m0/s1. The highest BCUT2D eigenvalue weighted by molar-refractivity contribution is 5.92. The summed E-state index contributed by atoms with van der Waals surface area (Å²) in [6.07, 6.45) is 3.63. The Hall–Kier alpha value is -1.59. The molecule has 124 valence electrons. The first-order valence-corrected chi connectivity index (χ1v) is 9.09. The second-order valence-electron chi connectivity index (χ2n) is 8.80.